The highest BCUT2D eigenvalue weighted by molar-refractivity contribution is 5.78. The number of aromatic amines is 1. The van der Waals surface area contributed by atoms with Crippen molar-refractivity contribution in [1.82, 2.24) is 9.97 Å². The zero-order valence-corrected chi connectivity index (χ0v) is 13.3. The van der Waals surface area contributed by atoms with Crippen molar-refractivity contribution in [3.63, 3.8) is 0 Å². The number of hydrogen-bond acceptors (Lipinski definition) is 2. The van der Waals surface area contributed by atoms with Crippen LogP contribution < -0.4 is 5.56 Å². The summed E-state index contributed by atoms with van der Waals surface area (Å²) >= 11 is 0. The molecule has 1 N–H and O–H groups in total. The summed E-state index contributed by atoms with van der Waals surface area (Å²) in [5, 5.41) is 0.663. The molecule has 0 fully saturated rings. The Morgan fingerprint density at radius 2 is 1.75 bits per heavy atom. The molecule has 0 aliphatic heterocycles. The van der Waals surface area contributed by atoms with Gasteiger partial charge in [0.25, 0.3) is 5.56 Å². The molecular weight excluding hydrogens is 248 g/mol. The van der Waals surface area contributed by atoms with Crippen molar-refractivity contribution in [2.75, 3.05) is 0 Å². The Morgan fingerprint density at radius 1 is 1.10 bits per heavy atom. The number of benzene rings is 1. The summed E-state index contributed by atoms with van der Waals surface area (Å²) in [6.45, 7) is 12.8. The highest BCUT2D eigenvalue weighted by Crippen LogP contribution is 2.23. The van der Waals surface area contributed by atoms with Crippen molar-refractivity contribution in [2.45, 2.75) is 53.4 Å². The van der Waals surface area contributed by atoms with Crippen LogP contribution in [0.1, 0.15) is 52.9 Å². The molecule has 3 nitrogen and oxygen atoms in total. The summed E-state index contributed by atoms with van der Waals surface area (Å²) in [6, 6.07) is 5.96. The summed E-state index contributed by atoms with van der Waals surface area (Å²) in [5.41, 5.74) is 2.03. The minimum Gasteiger partial charge on any atom is -0.310 e. The van der Waals surface area contributed by atoms with Gasteiger partial charge < -0.3 is 4.98 Å². The van der Waals surface area contributed by atoms with Crippen molar-refractivity contribution in [3.8, 4) is 0 Å². The van der Waals surface area contributed by atoms with E-state index in [-0.39, 0.29) is 16.4 Å². The lowest BCUT2D eigenvalue weighted by Gasteiger charge is -2.19. The first kappa shape index (κ1) is 14.8. The van der Waals surface area contributed by atoms with E-state index in [9.17, 15) is 4.79 Å². The molecule has 1 aromatic carbocycles. The quantitative estimate of drug-likeness (QED) is 0.858. The molecule has 0 aliphatic rings. The van der Waals surface area contributed by atoms with Gasteiger partial charge in [-0.3, -0.25) is 4.79 Å². The molecule has 0 radical (unpaired) electrons. The molecule has 2 aromatic rings. The molecule has 0 amide bonds. The summed E-state index contributed by atoms with van der Waals surface area (Å²) in [5.74, 6) is 0.739. The van der Waals surface area contributed by atoms with Gasteiger partial charge in [-0.15, -0.1) is 0 Å². The van der Waals surface area contributed by atoms with Gasteiger partial charge in [0, 0.05) is 5.41 Å². The lowest BCUT2D eigenvalue weighted by molar-refractivity contribution is 0.411. The van der Waals surface area contributed by atoms with Gasteiger partial charge in [0.05, 0.1) is 10.9 Å². The smallest absolute Gasteiger partial charge is 0.258 e. The Bertz CT molecular complexity index is 685. The second-order valence-corrected chi connectivity index (χ2v) is 7.75. The largest absolute Gasteiger partial charge is 0.310 e. The third kappa shape index (κ3) is 3.27. The molecule has 0 bridgehead atoms. The number of hydrogen-bond donors (Lipinski definition) is 1. The van der Waals surface area contributed by atoms with Gasteiger partial charge in [0.15, 0.2) is 0 Å². The summed E-state index contributed by atoms with van der Waals surface area (Å²) in [7, 11) is 0. The van der Waals surface area contributed by atoms with Crippen LogP contribution in [0, 0.1) is 5.41 Å². The van der Waals surface area contributed by atoms with Crippen LogP contribution in [-0.2, 0) is 11.8 Å². The average molecular weight is 272 g/mol. The van der Waals surface area contributed by atoms with Gasteiger partial charge in [-0.1, -0.05) is 47.6 Å². The zero-order chi connectivity index (χ0) is 15.1. The van der Waals surface area contributed by atoms with Crippen molar-refractivity contribution < 1.29 is 0 Å². The topological polar surface area (TPSA) is 45.8 Å². The number of fused-ring (bicyclic) bond motifs is 1. The van der Waals surface area contributed by atoms with E-state index in [0.29, 0.717) is 5.39 Å². The van der Waals surface area contributed by atoms with Crippen LogP contribution >= 0.6 is 0 Å². The second-order valence-electron chi connectivity index (χ2n) is 7.75. The monoisotopic (exact) mass is 272 g/mol. The van der Waals surface area contributed by atoms with Crippen LogP contribution in [0.25, 0.3) is 10.9 Å². The van der Waals surface area contributed by atoms with E-state index in [2.05, 4.69) is 51.5 Å². The first-order chi connectivity index (χ1) is 9.06. The Morgan fingerprint density at radius 3 is 2.30 bits per heavy atom. The standard InChI is InChI=1S/C17H24N2O/c1-16(2,3)10-11-7-8-12-13(9-11)18-15(17(4,5)6)19-14(12)20/h7-9H,10H2,1-6H3,(H,18,19,20). The van der Waals surface area contributed by atoms with Crippen LogP contribution in [-0.4, -0.2) is 9.97 Å². The van der Waals surface area contributed by atoms with Gasteiger partial charge in [0.2, 0.25) is 0 Å². The fraction of sp³-hybridized carbons (Fsp3) is 0.529. The average Bonchev–Trinajstić information content (AvgIpc) is 2.24. The first-order valence-corrected chi connectivity index (χ1v) is 7.10. The van der Waals surface area contributed by atoms with Crippen molar-refractivity contribution in [3.05, 3.63) is 39.9 Å². The number of H-pyrrole nitrogens is 1. The van der Waals surface area contributed by atoms with Crippen LogP contribution in [0.5, 0.6) is 0 Å². The maximum absolute atomic E-state index is 12.1. The molecule has 0 atom stereocenters. The van der Waals surface area contributed by atoms with E-state index in [1.54, 1.807) is 0 Å². The van der Waals surface area contributed by atoms with Crippen molar-refractivity contribution in [1.29, 1.82) is 0 Å². The van der Waals surface area contributed by atoms with E-state index in [1.807, 2.05) is 18.2 Å². The number of nitrogens with one attached hydrogen (secondary N) is 1. The molecule has 2 rings (SSSR count). The fourth-order valence-electron chi connectivity index (χ4n) is 2.26. The molecule has 1 aromatic heterocycles. The predicted molar refractivity (Wildman–Crippen MR) is 84.2 cm³/mol. The van der Waals surface area contributed by atoms with Crippen LogP contribution in [0.3, 0.4) is 0 Å². The number of nitrogens with zero attached hydrogens (tertiary/aromatic N) is 1. The van der Waals surface area contributed by atoms with E-state index in [1.165, 1.54) is 5.56 Å². The van der Waals surface area contributed by atoms with Gasteiger partial charge >= 0.3 is 0 Å². The Balaban J connectivity index is 2.58. The maximum Gasteiger partial charge on any atom is 0.258 e. The van der Waals surface area contributed by atoms with E-state index < -0.39 is 0 Å². The lowest BCUT2D eigenvalue weighted by atomic mass is 9.88. The van der Waals surface area contributed by atoms with Gasteiger partial charge in [-0.25, -0.2) is 4.98 Å². The molecule has 0 saturated heterocycles. The highest BCUT2D eigenvalue weighted by atomic mass is 16.1. The molecule has 0 aliphatic carbocycles. The van der Waals surface area contributed by atoms with Gasteiger partial charge in [-0.2, -0.15) is 0 Å². The summed E-state index contributed by atoms with van der Waals surface area (Å²) in [6.07, 6.45) is 0.974. The first-order valence-electron chi connectivity index (χ1n) is 7.10. The SMILES string of the molecule is CC(C)(C)Cc1ccc2c(=O)[nH]c(C(C)(C)C)nc2c1. The van der Waals surface area contributed by atoms with Gasteiger partial charge in [0.1, 0.15) is 5.82 Å². The Hall–Kier alpha value is -1.64. The summed E-state index contributed by atoms with van der Waals surface area (Å²) in [4.78, 5) is 19.7. The van der Waals surface area contributed by atoms with Crippen LogP contribution in [0.15, 0.2) is 23.0 Å². The Kier molecular flexibility index (Phi) is 3.49. The third-order valence-electron chi connectivity index (χ3n) is 3.22. The summed E-state index contributed by atoms with van der Waals surface area (Å²) < 4.78 is 0. The van der Waals surface area contributed by atoms with Gasteiger partial charge in [-0.05, 0) is 29.5 Å². The molecule has 0 spiro atoms. The van der Waals surface area contributed by atoms with Crippen molar-refractivity contribution in [2.24, 2.45) is 5.41 Å². The number of rotatable bonds is 1. The molecule has 1 heterocycles. The lowest BCUT2D eigenvalue weighted by Crippen LogP contribution is -2.22. The second kappa shape index (κ2) is 4.72. The van der Waals surface area contributed by atoms with E-state index in [0.717, 1.165) is 17.8 Å². The molecule has 3 heteroatoms. The van der Waals surface area contributed by atoms with E-state index >= 15 is 0 Å². The Labute approximate surface area is 120 Å². The molecule has 0 saturated carbocycles. The van der Waals surface area contributed by atoms with E-state index in [4.69, 9.17) is 0 Å². The predicted octanol–water partition coefficient (Wildman–Crippen LogP) is 3.81. The van der Waals surface area contributed by atoms with Crippen LogP contribution in [0.4, 0.5) is 0 Å². The third-order valence-corrected chi connectivity index (χ3v) is 3.22. The molecule has 20 heavy (non-hydrogen) atoms. The maximum atomic E-state index is 12.1. The van der Waals surface area contributed by atoms with Crippen molar-refractivity contribution >= 4 is 10.9 Å². The highest BCUT2D eigenvalue weighted by Gasteiger charge is 2.18. The molecule has 0 unspecified atom stereocenters. The minimum atomic E-state index is -0.159. The van der Waals surface area contributed by atoms with Crippen LogP contribution in [0.2, 0.25) is 0 Å². The zero-order valence-electron chi connectivity index (χ0n) is 13.3. The minimum absolute atomic E-state index is 0.0535. The fourth-order valence-corrected chi connectivity index (χ4v) is 2.26. The number of aromatic nitrogens is 2. The normalized spacial score (nSPS) is 12.9. The molecule has 108 valence electrons. The molecular formula is C17H24N2O.